The fraction of sp³-hybridized carbons (Fsp3) is 0.467. The Morgan fingerprint density at radius 3 is 2.76 bits per heavy atom. The number of fused-ring (bicyclic) bond motifs is 1. The van der Waals surface area contributed by atoms with Crippen LogP contribution in [0, 0.1) is 0 Å². The molecule has 112 valence electrons. The zero-order valence-corrected chi connectivity index (χ0v) is 12.3. The van der Waals surface area contributed by atoms with Crippen molar-refractivity contribution in [2.24, 2.45) is 0 Å². The summed E-state index contributed by atoms with van der Waals surface area (Å²) >= 11 is 0. The molecule has 1 aliphatic rings. The van der Waals surface area contributed by atoms with Crippen LogP contribution in [0.1, 0.15) is 19.8 Å². The number of hydrogen-bond acceptors (Lipinski definition) is 4. The average Bonchev–Trinajstić information content (AvgIpc) is 2.47. The highest BCUT2D eigenvalue weighted by Crippen LogP contribution is 2.23. The number of piperidine rings is 1. The maximum atomic E-state index is 12.0. The van der Waals surface area contributed by atoms with Gasteiger partial charge in [-0.05, 0) is 38.9 Å². The van der Waals surface area contributed by atoms with Gasteiger partial charge in [0.1, 0.15) is 0 Å². The van der Waals surface area contributed by atoms with Gasteiger partial charge in [0.2, 0.25) is 0 Å². The predicted octanol–water partition coefficient (Wildman–Crippen LogP) is 1.11. The van der Waals surface area contributed by atoms with E-state index in [2.05, 4.69) is 34.4 Å². The summed E-state index contributed by atoms with van der Waals surface area (Å²) in [4.78, 5) is 26.2. The Hall–Kier alpha value is -2.08. The molecule has 6 heteroatoms. The van der Waals surface area contributed by atoms with Gasteiger partial charge < -0.3 is 10.2 Å². The van der Waals surface area contributed by atoms with Gasteiger partial charge in [-0.3, -0.25) is 19.8 Å². The Bertz CT molecular complexity index is 764. The summed E-state index contributed by atoms with van der Waals surface area (Å²) in [6, 6.07) is 6.16. The molecule has 0 spiro atoms. The molecule has 0 amide bonds. The molecule has 2 unspecified atom stereocenters. The SMILES string of the molecule is CC1CC(Nc2cccc3c(=O)[nH][nH]c(=O)c23)CCN1C. The normalized spacial score (nSPS) is 23.3. The van der Waals surface area contributed by atoms with Crippen LogP contribution in [0.5, 0.6) is 0 Å². The van der Waals surface area contributed by atoms with E-state index in [-0.39, 0.29) is 11.1 Å². The first-order valence-electron chi connectivity index (χ1n) is 7.26. The number of likely N-dealkylation sites (tertiary alicyclic amines) is 1. The summed E-state index contributed by atoms with van der Waals surface area (Å²) < 4.78 is 0. The van der Waals surface area contributed by atoms with Crippen molar-refractivity contribution in [3.63, 3.8) is 0 Å². The summed E-state index contributed by atoms with van der Waals surface area (Å²) in [5.74, 6) is 0. The summed E-state index contributed by atoms with van der Waals surface area (Å²) in [6.45, 7) is 3.23. The number of nitrogens with zero attached hydrogens (tertiary/aromatic N) is 1. The molecule has 1 fully saturated rings. The van der Waals surface area contributed by atoms with Crippen LogP contribution in [0.4, 0.5) is 5.69 Å². The topological polar surface area (TPSA) is 81.0 Å². The first kappa shape index (κ1) is 13.9. The Kier molecular flexibility index (Phi) is 3.55. The molecular formula is C15H20N4O2. The molecule has 3 N–H and O–H groups in total. The Morgan fingerprint density at radius 1 is 1.24 bits per heavy atom. The summed E-state index contributed by atoms with van der Waals surface area (Å²) in [6.07, 6.45) is 2.05. The molecule has 1 saturated heterocycles. The van der Waals surface area contributed by atoms with Crippen molar-refractivity contribution in [1.82, 2.24) is 15.1 Å². The number of hydrogen-bond donors (Lipinski definition) is 3. The smallest absolute Gasteiger partial charge is 0.272 e. The van der Waals surface area contributed by atoms with Gasteiger partial charge in [-0.1, -0.05) is 6.07 Å². The van der Waals surface area contributed by atoms with Gasteiger partial charge in [-0.2, -0.15) is 0 Å². The molecule has 0 saturated carbocycles. The van der Waals surface area contributed by atoms with E-state index in [9.17, 15) is 9.59 Å². The van der Waals surface area contributed by atoms with Gasteiger partial charge >= 0.3 is 0 Å². The molecule has 2 heterocycles. The van der Waals surface area contributed by atoms with Gasteiger partial charge in [0.05, 0.1) is 10.8 Å². The third kappa shape index (κ3) is 2.58. The van der Waals surface area contributed by atoms with E-state index in [1.807, 2.05) is 6.07 Å². The van der Waals surface area contributed by atoms with Gasteiger partial charge in [0.15, 0.2) is 0 Å². The quantitative estimate of drug-likeness (QED) is 0.773. The first-order chi connectivity index (χ1) is 10.1. The van der Waals surface area contributed by atoms with Crippen molar-refractivity contribution >= 4 is 16.5 Å². The van der Waals surface area contributed by atoms with Crippen molar-refractivity contribution < 1.29 is 0 Å². The number of benzene rings is 1. The molecule has 21 heavy (non-hydrogen) atoms. The summed E-state index contributed by atoms with van der Waals surface area (Å²) in [5.41, 5.74) is 0.195. The van der Waals surface area contributed by atoms with Crippen LogP contribution >= 0.6 is 0 Å². The second-order valence-corrected chi connectivity index (χ2v) is 5.83. The van der Waals surface area contributed by atoms with E-state index in [0.29, 0.717) is 22.9 Å². The van der Waals surface area contributed by atoms with Crippen LogP contribution in [-0.2, 0) is 0 Å². The second-order valence-electron chi connectivity index (χ2n) is 5.83. The van der Waals surface area contributed by atoms with Crippen LogP contribution in [-0.4, -0.2) is 40.8 Å². The highest BCUT2D eigenvalue weighted by atomic mass is 16.1. The molecule has 2 aromatic rings. The molecule has 6 nitrogen and oxygen atoms in total. The number of anilines is 1. The van der Waals surface area contributed by atoms with Crippen molar-refractivity contribution in [2.45, 2.75) is 31.8 Å². The largest absolute Gasteiger partial charge is 0.382 e. The summed E-state index contributed by atoms with van der Waals surface area (Å²) in [5, 5.41) is 9.06. The average molecular weight is 288 g/mol. The lowest BCUT2D eigenvalue weighted by molar-refractivity contribution is 0.190. The van der Waals surface area contributed by atoms with Crippen LogP contribution in [0.25, 0.3) is 10.8 Å². The third-order valence-electron chi connectivity index (χ3n) is 4.39. The molecule has 1 aromatic carbocycles. The first-order valence-corrected chi connectivity index (χ1v) is 7.26. The number of nitrogens with one attached hydrogen (secondary N) is 3. The van der Waals surface area contributed by atoms with E-state index in [4.69, 9.17) is 0 Å². The number of rotatable bonds is 2. The van der Waals surface area contributed by atoms with Crippen molar-refractivity contribution in [2.75, 3.05) is 18.9 Å². The van der Waals surface area contributed by atoms with Gasteiger partial charge in [-0.25, -0.2) is 0 Å². The molecule has 0 bridgehead atoms. The van der Waals surface area contributed by atoms with E-state index in [1.54, 1.807) is 12.1 Å². The minimum Gasteiger partial charge on any atom is -0.382 e. The van der Waals surface area contributed by atoms with E-state index >= 15 is 0 Å². The lowest BCUT2D eigenvalue weighted by Gasteiger charge is -2.35. The van der Waals surface area contributed by atoms with Crippen LogP contribution in [0.2, 0.25) is 0 Å². The monoisotopic (exact) mass is 288 g/mol. The van der Waals surface area contributed by atoms with Crippen LogP contribution < -0.4 is 16.4 Å². The van der Waals surface area contributed by atoms with Crippen LogP contribution in [0.15, 0.2) is 27.8 Å². The highest BCUT2D eigenvalue weighted by Gasteiger charge is 2.23. The lowest BCUT2D eigenvalue weighted by Crippen LogP contribution is -2.42. The van der Waals surface area contributed by atoms with Gasteiger partial charge in [-0.15, -0.1) is 0 Å². The van der Waals surface area contributed by atoms with Crippen LogP contribution in [0.3, 0.4) is 0 Å². The standard InChI is InChI=1S/C15H20N4O2/c1-9-8-10(6-7-19(9)2)16-12-5-3-4-11-13(12)15(21)18-17-14(11)20/h3-5,9-10,16H,6-8H2,1-2H3,(H,17,20)(H,18,21). The number of aromatic amines is 2. The molecule has 1 aromatic heterocycles. The Balaban J connectivity index is 1.97. The fourth-order valence-electron chi connectivity index (χ4n) is 2.99. The molecule has 3 rings (SSSR count). The maximum absolute atomic E-state index is 12.0. The van der Waals surface area contributed by atoms with Crippen molar-refractivity contribution in [3.8, 4) is 0 Å². The van der Waals surface area contributed by atoms with Crippen molar-refractivity contribution in [1.29, 1.82) is 0 Å². The Morgan fingerprint density at radius 2 is 2.00 bits per heavy atom. The highest BCUT2D eigenvalue weighted by molar-refractivity contribution is 5.92. The zero-order chi connectivity index (χ0) is 15.0. The minimum atomic E-state index is -0.273. The molecular weight excluding hydrogens is 268 g/mol. The third-order valence-corrected chi connectivity index (χ3v) is 4.39. The molecule has 0 radical (unpaired) electrons. The summed E-state index contributed by atoms with van der Waals surface area (Å²) in [7, 11) is 2.13. The molecule has 0 aliphatic carbocycles. The minimum absolute atomic E-state index is 0.270. The fourth-order valence-corrected chi connectivity index (χ4v) is 2.99. The Labute approximate surface area is 122 Å². The van der Waals surface area contributed by atoms with E-state index in [0.717, 1.165) is 25.1 Å². The predicted molar refractivity (Wildman–Crippen MR) is 83.9 cm³/mol. The molecule has 2 atom stereocenters. The van der Waals surface area contributed by atoms with E-state index < -0.39 is 0 Å². The lowest BCUT2D eigenvalue weighted by atomic mass is 9.98. The van der Waals surface area contributed by atoms with E-state index in [1.165, 1.54) is 0 Å². The second kappa shape index (κ2) is 5.37. The van der Waals surface area contributed by atoms with Gasteiger partial charge in [0, 0.05) is 24.3 Å². The maximum Gasteiger partial charge on any atom is 0.272 e. The molecule has 1 aliphatic heterocycles. The number of H-pyrrole nitrogens is 2. The van der Waals surface area contributed by atoms with Crippen molar-refractivity contribution in [3.05, 3.63) is 38.9 Å². The van der Waals surface area contributed by atoms with Gasteiger partial charge in [0.25, 0.3) is 11.1 Å². The number of aromatic nitrogens is 2. The zero-order valence-electron chi connectivity index (χ0n) is 12.3.